The Bertz CT molecular complexity index is 609. The van der Waals surface area contributed by atoms with E-state index in [1.807, 2.05) is 19.2 Å². The molecule has 1 aromatic heterocycles. The van der Waals surface area contributed by atoms with Crippen LogP contribution in [-0.2, 0) is 13.0 Å². The number of phenols is 1. The van der Waals surface area contributed by atoms with Gasteiger partial charge in [0, 0.05) is 24.8 Å². The number of hydrogen-bond donors (Lipinski definition) is 2. The minimum atomic E-state index is 0.196. The van der Waals surface area contributed by atoms with Crippen molar-refractivity contribution in [3.63, 3.8) is 0 Å². The number of phenolic OH excluding ortho intramolecular Hbond substituents is 1. The lowest BCUT2D eigenvalue weighted by molar-refractivity contribution is 0.380. The fourth-order valence-electron chi connectivity index (χ4n) is 2.47. The molecule has 0 spiro atoms. The minimum Gasteiger partial charge on any atom is -0.507 e. The number of benzene rings is 1. The molecule has 0 saturated heterocycles. The molecule has 2 heterocycles. The number of anilines is 1. The third-order valence-electron chi connectivity index (χ3n) is 3.47. The van der Waals surface area contributed by atoms with Crippen molar-refractivity contribution in [2.45, 2.75) is 19.4 Å². The lowest BCUT2D eigenvalue weighted by Gasteiger charge is -2.28. The maximum atomic E-state index is 10.4. The van der Waals surface area contributed by atoms with Crippen molar-refractivity contribution in [1.82, 2.24) is 10.1 Å². The molecule has 0 atom stereocenters. The van der Waals surface area contributed by atoms with Crippen LogP contribution < -0.4 is 10.6 Å². The smallest absolute Gasteiger partial charge is 0.240 e. The normalized spacial score (nSPS) is 14.5. The Morgan fingerprint density at radius 1 is 1.47 bits per heavy atom. The first-order valence-electron chi connectivity index (χ1n) is 6.29. The second-order valence-electron chi connectivity index (χ2n) is 4.70. The Balaban J connectivity index is 2.08. The van der Waals surface area contributed by atoms with Crippen LogP contribution in [-0.4, -0.2) is 28.8 Å². The molecule has 0 radical (unpaired) electrons. The highest BCUT2D eigenvalue weighted by molar-refractivity contribution is 5.73. The number of nitrogens with two attached hydrogens (primary N) is 1. The summed E-state index contributed by atoms with van der Waals surface area (Å²) < 4.78 is 4.98. The Morgan fingerprint density at radius 2 is 2.32 bits per heavy atom. The summed E-state index contributed by atoms with van der Waals surface area (Å²) in [6.07, 6.45) is 1.89. The average molecular weight is 260 g/mol. The maximum absolute atomic E-state index is 10.4. The van der Waals surface area contributed by atoms with E-state index in [1.165, 1.54) is 0 Å². The van der Waals surface area contributed by atoms with Gasteiger partial charge in [0.25, 0.3) is 0 Å². The van der Waals surface area contributed by atoms with E-state index in [-0.39, 0.29) is 12.3 Å². The minimum absolute atomic E-state index is 0.196. The summed E-state index contributed by atoms with van der Waals surface area (Å²) in [6.45, 7) is 1.20. The van der Waals surface area contributed by atoms with Crippen LogP contribution in [0.15, 0.2) is 16.7 Å². The van der Waals surface area contributed by atoms with Crippen LogP contribution in [0.4, 0.5) is 5.69 Å². The number of nitrogens with zero attached hydrogens (tertiary/aromatic N) is 3. The van der Waals surface area contributed by atoms with Gasteiger partial charge in [0.1, 0.15) is 5.75 Å². The molecular formula is C13H16N4O2. The van der Waals surface area contributed by atoms with Crippen LogP contribution in [0, 0.1) is 0 Å². The summed E-state index contributed by atoms with van der Waals surface area (Å²) in [6, 6.07) is 3.81. The predicted molar refractivity (Wildman–Crippen MR) is 70.9 cm³/mol. The van der Waals surface area contributed by atoms with Crippen LogP contribution in [0.25, 0.3) is 11.4 Å². The Kier molecular flexibility index (Phi) is 2.87. The monoisotopic (exact) mass is 260 g/mol. The summed E-state index contributed by atoms with van der Waals surface area (Å²) in [5.41, 5.74) is 8.05. The molecule has 6 nitrogen and oxygen atoms in total. The predicted octanol–water partition coefficient (Wildman–Crippen LogP) is 1.28. The average Bonchev–Trinajstić information content (AvgIpc) is 2.89. The standard InChI is InChI=1S/C13H16N4O2/c1-17-6-2-3-8-10(17)5-4-9(12(8)18)13-15-11(7-14)19-16-13/h4-5,18H,2-3,6-7,14H2,1H3. The molecule has 3 N–H and O–H groups in total. The molecule has 0 fully saturated rings. The summed E-state index contributed by atoms with van der Waals surface area (Å²) in [5.74, 6) is 0.992. The van der Waals surface area contributed by atoms with Crippen LogP contribution in [0.5, 0.6) is 5.75 Å². The molecule has 100 valence electrons. The molecule has 0 bridgehead atoms. The second-order valence-corrected chi connectivity index (χ2v) is 4.70. The van der Waals surface area contributed by atoms with Crippen molar-refractivity contribution in [2.24, 2.45) is 5.73 Å². The molecule has 1 aromatic carbocycles. The highest BCUT2D eigenvalue weighted by Gasteiger charge is 2.21. The zero-order chi connectivity index (χ0) is 13.4. The first kappa shape index (κ1) is 12.0. The van der Waals surface area contributed by atoms with E-state index in [0.717, 1.165) is 30.6 Å². The first-order valence-corrected chi connectivity index (χ1v) is 6.29. The van der Waals surface area contributed by atoms with Gasteiger partial charge in [-0.25, -0.2) is 0 Å². The van der Waals surface area contributed by atoms with E-state index in [9.17, 15) is 5.11 Å². The van der Waals surface area contributed by atoms with Crippen LogP contribution in [0.1, 0.15) is 17.9 Å². The number of hydrogen-bond acceptors (Lipinski definition) is 6. The molecule has 0 saturated carbocycles. The highest BCUT2D eigenvalue weighted by atomic mass is 16.5. The van der Waals surface area contributed by atoms with Gasteiger partial charge in [-0.2, -0.15) is 4.98 Å². The first-order chi connectivity index (χ1) is 9.20. The molecule has 1 aliphatic heterocycles. The quantitative estimate of drug-likeness (QED) is 0.845. The van der Waals surface area contributed by atoms with E-state index in [1.54, 1.807) is 0 Å². The van der Waals surface area contributed by atoms with Crippen molar-refractivity contribution < 1.29 is 9.63 Å². The van der Waals surface area contributed by atoms with Gasteiger partial charge in [0.05, 0.1) is 12.1 Å². The summed E-state index contributed by atoms with van der Waals surface area (Å²) >= 11 is 0. The second kappa shape index (κ2) is 4.55. The number of aromatic hydroxyl groups is 1. The maximum Gasteiger partial charge on any atom is 0.240 e. The number of fused-ring (bicyclic) bond motifs is 1. The van der Waals surface area contributed by atoms with Crippen LogP contribution in [0.3, 0.4) is 0 Å². The Hall–Kier alpha value is -2.08. The third kappa shape index (κ3) is 1.94. The molecule has 1 aliphatic rings. The summed E-state index contributed by atoms with van der Waals surface area (Å²) in [5, 5.41) is 14.3. The van der Waals surface area contributed by atoms with Crippen LogP contribution in [0.2, 0.25) is 0 Å². The van der Waals surface area contributed by atoms with Crippen molar-refractivity contribution in [3.05, 3.63) is 23.6 Å². The van der Waals surface area contributed by atoms with E-state index < -0.39 is 0 Å². The molecule has 6 heteroatoms. The van der Waals surface area contributed by atoms with Gasteiger partial charge in [-0.15, -0.1) is 0 Å². The van der Waals surface area contributed by atoms with Gasteiger partial charge >= 0.3 is 0 Å². The lowest BCUT2D eigenvalue weighted by Crippen LogP contribution is -2.24. The lowest BCUT2D eigenvalue weighted by atomic mass is 9.98. The SMILES string of the molecule is CN1CCCc2c1ccc(-c1noc(CN)n1)c2O. The van der Waals surface area contributed by atoms with Gasteiger partial charge in [0.15, 0.2) is 0 Å². The van der Waals surface area contributed by atoms with E-state index in [0.29, 0.717) is 17.3 Å². The van der Waals surface area contributed by atoms with Gasteiger partial charge in [0.2, 0.25) is 11.7 Å². The summed E-state index contributed by atoms with van der Waals surface area (Å²) in [7, 11) is 2.03. The van der Waals surface area contributed by atoms with Crippen molar-refractivity contribution >= 4 is 5.69 Å². The van der Waals surface area contributed by atoms with E-state index in [4.69, 9.17) is 10.3 Å². The highest BCUT2D eigenvalue weighted by Crippen LogP contribution is 2.39. The summed E-state index contributed by atoms with van der Waals surface area (Å²) in [4.78, 5) is 6.29. The van der Waals surface area contributed by atoms with Gasteiger partial charge in [-0.1, -0.05) is 5.16 Å². The van der Waals surface area contributed by atoms with Gasteiger partial charge in [-0.05, 0) is 25.0 Å². The zero-order valence-electron chi connectivity index (χ0n) is 10.8. The molecule has 0 amide bonds. The zero-order valence-corrected chi connectivity index (χ0v) is 10.8. The topological polar surface area (TPSA) is 88.4 Å². The molecule has 3 rings (SSSR count). The Morgan fingerprint density at radius 3 is 3.05 bits per heavy atom. The van der Waals surface area contributed by atoms with E-state index >= 15 is 0 Å². The van der Waals surface area contributed by atoms with Crippen LogP contribution >= 0.6 is 0 Å². The fourth-order valence-corrected chi connectivity index (χ4v) is 2.47. The fraction of sp³-hybridized carbons (Fsp3) is 0.385. The van der Waals surface area contributed by atoms with Gasteiger partial charge in [-0.3, -0.25) is 0 Å². The molecule has 0 aliphatic carbocycles. The van der Waals surface area contributed by atoms with Crippen molar-refractivity contribution in [2.75, 3.05) is 18.5 Å². The molecule has 19 heavy (non-hydrogen) atoms. The van der Waals surface area contributed by atoms with E-state index in [2.05, 4.69) is 15.0 Å². The third-order valence-corrected chi connectivity index (χ3v) is 3.47. The van der Waals surface area contributed by atoms with Gasteiger partial charge < -0.3 is 20.3 Å². The molecule has 2 aromatic rings. The number of rotatable bonds is 2. The largest absolute Gasteiger partial charge is 0.507 e. The van der Waals surface area contributed by atoms with Crippen molar-refractivity contribution in [1.29, 1.82) is 0 Å². The Labute approximate surface area is 110 Å². The molecular weight excluding hydrogens is 244 g/mol. The van der Waals surface area contributed by atoms with Crippen molar-refractivity contribution in [3.8, 4) is 17.1 Å². The number of aromatic nitrogens is 2. The molecule has 0 unspecified atom stereocenters.